The van der Waals surface area contributed by atoms with E-state index in [1.54, 1.807) is 32.9 Å². The van der Waals surface area contributed by atoms with E-state index in [2.05, 4.69) is 4.98 Å². The van der Waals surface area contributed by atoms with E-state index in [0.717, 1.165) is 23.8 Å². The fraction of sp³-hybridized carbons (Fsp3) is 0.381. The summed E-state index contributed by atoms with van der Waals surface area (Å²) in [4.78, 5) is 33.0. The molecule has 0 radical (unpaired) electrons. The Morgan fingerprint density at radius 2 is 1.64 bits per heavy atom. The summed E-state index contributed by atoms with van der Waals surface area (Å²) in [5, 5.41) is 0. The molecule has 0 saturated carbocycles. The molecule has 6 nitrogen and oxygen atoms in total. The average molecular weight is 387 g/mol. The van der Waals surface area contributed by atoms with Gasteiger partial charge in [-0.1, -0.05) is 0 Å². The number of rotatable bonds is 5. The summed E-state index contributed by atoms with van der Waals surface area (Å²) < 4.78 is 18.7. The third-order valence-electron chi connectivity index (χ3n) is 3.95. The Balaban J connectivity index is 2.38. The summed E-state index contributed by atoms with van der Waals surface area (Å²) in [6, 6.07) is 8.43. The van der Waals surface area contributed by atoms with Crippen LogP contribution < -0.4 is 9.80 Å². The quantitative estimate of drug-likeness (QED) is 0.747. The number of aromatic nitrogens is 1. The molecule has 1 heterocycles. The van der Waals surface area contributed by atoms with Crippen LogP contribution in [0.4, 0.5) is 20.7 Å². The van der Waals surface area contributed by atoms with Crippen molar-refractivity contribution in [2.75, 3.05) is 22.9 Å². The van der Waals surface area contributed by atoms with Crippen molar-refractivity contribution in [3.05, 3.63) is 54.0 Å². The lowest BCUT2D eigenvalue weighted by Gasteiger charge is -2.26. The van der Waals surface area contributed by atoms with Gasteiger partial charge in [-0.3, -0.25) is 4.79 Å². The first kappa shape index (κ1) is 21.3. The van der Waals surface area contributed by atoms with Crippen LogP contribution in [0.25, 0.3) is 0 Å². The van der Waals surface area contributed by atoms with Crippen molar-refractivity contribution in [2.24, 2.45) is 0 Å². The number of hydrogen-bond donors (Lipinski definition) is 0. The number of carbonyl (C=O) groups excluding carboxylic acids is 2. The molecule has 1 aromatic heterocycles. The number of nitrogens with zero attached hydrogens (tertiary/aromatic N) is 3. The monoisotopic (exact) mass is 387 g/mol. The van der Waals surface area contributed by atoms with Crippen molar-refractivity contribution in [2.45, 2.75) is 40.2 Å². The maximum Gasteiger partial charge on any atom is 0.422 e. The Morgan fingerprint density at radius 3 is 2.11 bits per heavy atom. The molecule has 2 rings (SSSR count). The van der Waals surface area contributed by atoms with Crippen LogP contribution in [0.1, 0.15) is 45.0 Å². The number of anilines is 2. The summed E-state index contributed by atoms with van der Waals surface area (Å²) in [5.74, 6) is -0.322. The molecule has 0 aliphatic rings. The third-order valence-corrected chi connectivity index (χ3v) is 3.95. The molecule has 7 heteroatoms. The summed E-state index contributed by atoms with van der Waals surface area (Å²) in [6.07, 6.45) is 0.591. The van der Waals surface area contributed by atoms with Crippen LogP contribution in [0, 0.1) is 5.82 Å². The minimum atomic E-state index is -0.836. The zero-order chi connectivity index (χ0) is 20.9. The van der Waals surface area contributed by atoms with Gasteiger partial charge in [-0.2, -0.15) is 0 Å². The van der Waals surface area contributed by atoms with Crippen molar-refractivity contribution in [3.8, 4) is 0 Å². The van der Waals surface area contributed by atoms with E-state index >= 15 is 0 Å². The molecule has 0 bridgehead atoms. The first-order valence-electron chi connectivity index (χ1n) is 9.20. The van der Waals surface area contributed by atoms with Crippen LogP contribution in [-0.4, -0.2) is 35.7 Å². The fourth-order valence-corrected chi connectivity index (χ4v) is 2.58. The predicted octanol–water partition coefficient (Wildman–Crippen LogP) is 4.65. The van der Waals surface area contributed by atoms with Crippen LogP contribution in [0.3, 0.4) is 0 Å². The van der Waals surface area contributed by atoms with Crippen LogP contribution in [0.5, 0.6) is 0 Å². The van der Waals surface area contributed by atoms with Gasteiger partial charge < -0.3 is 9.64 Å². The second-order valence-electron chi connectivity index (χ2n) is 7.17. The maximum absolute atomic E-state index is 13.3. The van der Waals surface area contributed by atoms with Gasteiger partial charge in [0, 0.05) is 19.3 Å². The highest BCUT2D eigenvalue weighted by molar-refractivity contribution is 6.19. The summed E-state index contributed by atoms with van der Waals surface area (Å²) in [6.45, 7) is 10.7. The number of halogens is 1. The van der Waals surface area contributed by atoms with E-state index < -0.39 is 23.4 Å². The molecule has 28 heavy (non-hydrogen) atoms. The smallest absolute Gasteiger partial charge is 0.422 e. The summed E-state index contributed by atoms with van der Waals surface area (Å²) in [5.41, 5.74) is -0.347. The van der Waals surface area contributed by atoms with Gasteiger partial charge in [-0.15, -0.1) is 0 Å². The van der Waals surface area contributed by atoms with E-state index in [-0.39, 0.29) is 11.3 Å². The lowest BCUT2D eigenvalue weighted by molar-refractivity contribution is 0.0564. The molecule has 0 atom stereocenters. The molecule has 0 fully saturated rings. The van der Waals surface area contributed by atoms with Gasteiger partial charge in [0.05, 0.1) is 11.3 Å². The third kappa shape index (κ3) is 5.28. The molecular weight excluding hydrogens is 361 g/mol. The van der Waals surface area contributed by atoms with Gasteiger partial charge in [0.25, 0.3) is 5.91 Å². The zero-order valence-corrected chi connectivity index (χ0v) is 16.9. The molecule has 0 aliphatic carbocycles. The Kier molecular flexibility index (Phi) is 6.72. The number of hydrogen-bond acceptors (Lipinski definition) is 5. The molecule has 2 aromatic rings. The van der Waals surface area contributed by atoms with Crippen molar-refractivity contribution < 1.29 is 18.7 Å². The maximum atomic E-state index is 13.3. The van der Waals surface area contributed by atoms with Crippen molar-refractivity contribution >= 4 is 23.5 Å². The standard InChI is InChI=1S/C21H26FN3O3/c1-6-24(7-2)18-13-8-15(14-23-18)19(26)25(20(27)28-21(3,4)5)17-11-9-16(22)10-12-17/h8-14H,6-7H2,1-5H3. The SMILES string of the molecule is CCN(CC)c1ccc(C(=O)N(C(=O)OC(C)(C)C)c2ccc(F)cc2)cn1. The largest absolute Gasteiger partial charge is 0.443 e. The minimum Gasteiger partial charge on any atom is -0.443 e. The Hall–Kier alpha value is -2.96. The van der Waals surface area contributed by atoms with Crippen molar-refractivity contribution in [3.63, 3.8) is 0 Å². The first-order chi connectivity index (χ1) is 13.2. The Morgan fingerprint density at radius 1 is 1.04 bits per heavy atom. The van der Waals surface area contributed by atoms with E-state index in [4.69, 9.17) is 4.74 Å². The van der Waals surface area contributed by atoms with Crippen molar-refractivity contribution in [1.29, 1.82) is 0 Å². The topological polar surface area (TPSA) is 62.7 Å². The second kappa shape index (κ2) is 8.82. The van der Waals surface area contributed by atoms with Gasteiger partial charge in [0.2, 0.25) is 0 Å². The number of carbonyl (C=O) groups is 2. The summed E-state index contributed by atoms with van der Waals surface area (Å²) in [7, 11) is 0. The minimum absolute atomic E-state index is 0.216. The van der Waals surface area contributed by atoms with E-state index in [9.17, 15) is 14.0 Å². The molecule has 0 N–H and O–H groups in total. The number of benzene rings is 1. The normalized spacial score (nSPS) is 11.1. The molecule has 0 spiro atoms. The fourth-order valence-electron chi connectivity index (χ4n) is 2.58. The van der Waals surface area contributed by atoms with Gasteiger partial charge in [-0.25, -0.2) is 19.1 Å². The molecule has 0 unspecified atom stereocenters. The Labute approximate surface area is 164 Å². The molecule has 0 aliphatic heterocycles. The molecular formula is C21H26FN3O3. The van der Waals surface area contributed by atoms with E-state index in [0.29, 0.717) is 0 Å². The highest BCUT2D eigenvalue weighted by atomic mass is 19.1. The number of amides is 2. The number of pyridine rings is 1. The highest BCUT2D eigenvalue weighted by Crippen LogP contribution is 2.22. The zero-order valence-electron chi connectivity index (χ0n) is 16.9. The highest BCUT2D eigenvalue weighted by Gasteiger charge is 2.30. The van der Waals surface area contributed by atoms with E-state index in [1.807, 2.05) is 18.7 Å². The van der Waals surface area contributed by atoms with Crippen LogP contribution in [-0.2, 0) is 4.74 Å². The van der Waals surface area contributed by atoms with E-state index in [1.165, 1.54) is 30.5 Å². The predicted molar refractivity (Wildman–Crippen MR) is 107 cm³/mol. The lowest BCUT2D eigenvalue weighted by atomic mass is 10.2. The van der Waals surface area contributed by atoms with Crippen LogP contribution >= 0.6 is 0 Å². The van der Waals surface area contributed by atoms with Gasteiger partial charge in [0.15, 0.2) is 0 Å². The van der Waals surface area contributed by atoms with Crippen LogP contribution in [0.15, 0.2) is 42.6 Å². The van der Waals surface area contributed by atoms with Gasteiger partial charge >= 0.3 is 6.09 Å². The van der Waals surface area contributed by atoms with Gasteiger partial charge in [-0.05, 0) is 71.0 Å². The number of ether oxygens (including phenoxy) is 1. The first-order valence-corrected chi connectivity index (χ1v) is 9.20. The Bertz CT molecular complexity index is 810. The second-order valence-corrected chi connectivity index (χ2v) is 7.17. The summed E-state index contributed by atoms with van der Waals surface area (Å²) >= 11 is 0. The van der Waals surface area contributed by atoms with Gasteiger partial charge in [0.1, 0.15) is 17.2 Å². The molecule has 1 aromatic carbocycles. The number of imide groups is 1. The average Bonchev–Trinajstić information content (AvgIpc) is 2.63. The molecule has 150 valence electrons. The lowest BCUT2D eigenvalue weighted by Crippen LogP contribution is -2.41. The molecule has 0 saturated heterocycles. The van der Waals surface area contributed by atoms with Crippen LogP contribution in [0.2, 0.25) is 0 Å². The van der Waals surface area contributed by atoms with Crippen molar-refractivity contribution in [1.82, 2.24) is 4.98 Å². The molecule has 2 amide bonds.